The summed E-state index contributed by atoms with van der Waals surface area (Å²) in [7, 11) is 0. The molecule has 3 heterocycles. The van der Waals surface area contributed by atoms with E-state index in [1.807, 2.05) is 91.0 Å². The molecular weight excluding hydrogens is 771 g/mol. The normalized spacial score (nSPS) is 11.2. The van der Waals surface area contributed by atoms with E-state index in [0.29, 0.717) is 23.3 Å². The minimum Gasteiger partial charge on any atom is -0.292 e. The van der Waals surface area contributed by atoms with Gasteiger partial charge in [0.15, 0.2) is 23.3 Å². The van der Waals surface area contributed by atoms with Crippen LogP contribution in [-0.2, 0) is 0 Å². The Labute approximate surface area is 364 Å². The van der Waals surface area contributed by atoms with Gasteiger partial charge in [0.05, 0.1) is 22.4 Å². The van der Waals surface area contributed by atoms with Crippen LogP contribution in [0.5, 0.6) is 0 Å². The molecule has 0 radical (unpaired) electrons. The fourth-order valence-electron chi connectivity index (χ4n) is 7.94. The van der Waals surface area contributed by atoms with Crippen molar-refractivity contribution in [1.29, 1.82) is 0 Å². The first-order chi connectivity index (χ1) is 31.2. The molecule has 0 unspecified atom stereocenters. The zero-order chi connectivity index (χ0) is 42.0. The van der Waals surface area contributed by atoms with Crippen molar-refractivity contribution < 1.29 is 0 Å². The van der Waals surface area contributed by atoms with Crippen molar-refractivity contribution in [2.24, 2.45) is 0 Å². The monoisotopic (exact) mass is 807 g/mol. The first kappa shape index (κ1) is 37.3. The lowest BCUT2D eigenvalue weighted by Crippen LogP contribution is -2.00. The highest BCUT2D eigenvalue weighted by molar-refractivity contribution is 5.84. The van der Waals surface area contributed by atoms with E-state index in [1.165, 1.54) is 0 Å². The molecule has 296 valence electrons. The number of aromatic nitrogens is 7. The largest absolute Gasteiger partial charge is 0.292 e. The zero-order valence-electron chi connectivity index (χ0n) is 34.0. The molecule has 0 saturated heterocycles. The van der Waals surface area contributed by atoms with E-state index < -0.39 is 0 Å². The van der Waals surface area contributed by atoms with Crippen molar-refractivity contribution in [2.45, 2.75) is 0 Å². The molecule has 0 bridgehead atoms. The van der Waals surface area contributed by atoms with Crippen LogP contribution in [0, 0.1) is 0 Å². The van der Waals surface area contributed by atoms with Crippen LogP contribution in [0.1, 0.15) is 0 Å². The van der Waals surface area contributed by atoms with Crippen LogP contribution >= 0.6 is 0 Å². The van der Waals surface area contributed by atoms with E-state index >= 15 is 0 Å². The molecule has 0 N–H and O–H groups in total. The fraction of sp³-hybridized carbons (Fsp3) is 0. The molecule has 0 fully saturated rings. The summed E-state index contributed by atoms with van der Waals surface area (Å²) < 4.78 is 2.22. The summed E-state index contributed by atoms with van der Waals surface area (Å²) in [6, 6.07) is 76.3. The molecule has 11 aromatic rings. The van der Waals surface area contributed by atoms with E-state index in [9.17, 15) is 0 Å². The highest BCUT2D eigenvalue weighted by Gasteiger charge is 2.17. The number of hydrogen-bond donors (Lipinski definition) is 0. The first-order valence-corrected chi connectivity index (χ1v) is 20.9. The summed E-state index contributed by atoms with van der Waals surface area (Å²) >= 11 is 0. The molecule has 0 atom stereocenters. The van der Waals surface area contributed by atoms with Crippen molar-refractivity contribution in [3.05, 3.63) is 224 Å². The van der Waals surface area contributed by atoms with Gasteiger partial charge in [-0.05, 0) is 53.6 Å². The summed E-state index contributed by atoms with van der Waals surface area (Å²) in [6.07, 6.45) is 0. The second kappa shape index (κ2) is 16.4. The molecule has 11 rings (SSSR count). The van der Waals surface area contributed by atoms with Crippen molar-refractivity contribution in [2.75, 3.05) is 0 Å². The fourth-order valence-corrected chi connectivity index (χ4v) is 7.94. The van der Waals surface area contributed by atoms with Gasteiger partial charge < -0.3 is 0 Å². The molecule has 7 nitrogen and oxygen atoms in total. The molecule has 0 aliphatic carbocycles. The molecule has 3 aromatic heterocycles. The lowest BCUT2D eigenvalue weighted by atomic mass is 9.99. The number of fused-ring (bicyclic) bond motifs is 1. The average molecular weight is 808 g/mol. The smallest absolute Gasteiger partial charge is 0.164 e. The quantitative estimate of drug-likeness (QED) is 0.144. The van der Waals surface area contributed by atoms with Crippen LogP contribution in [0.3, 0.4) is 0 Å². The van der Waals surface area contributed by atoms with Gasteiger partial charge in [-0.3, -0.25) is 4.57 Å². The maximum atomic E-state index is 5.16. The average Bonchev–Trinajstić information content (AvgIpc) is 3.77. The summed E-state index contributed by atoms with van der Waals surface area (Å²) in [4.78, 5) is 30.2. The van der Waals surface area contributed by atoms with Crippen molar-refractivity contribution in [3.8, 4) is 96.3 Å². The van der Waals surface area contributed by atoms with Crippen molar-refractivity contribution in [3.63, 3.8) is 0 Å². The van der Waals surface area contributed by atoms with Gasteiger partial charge in [-0.15, -0.1) is 0 Å². The molecule has 0 aliphatic rings. The van der Waals surface area contributed by atoms with Crippen molar-refractivity contribution >= 4 is 11.0 Å². The maximum Gasteiger partial charge on any atom is 0.164 e. The standard InChI is InChI=1S/C56H37N7/c1-5-17-39(18-6-1)52-57-49(38-31-33-42(34-32-38)56-59-48-29-13-14-30-51(48)63(56)47-27-11-4-12-28-47)37-50(58-52)45-25-15-23-43(35-45)44-24-16-26-46(36-44)55-61-53(40-19-7-2-8-20-40)60-54(62-55)41-21-9-3-10-22-41/h1-37H. The Bertz CT molecular complexity index is 3310. The number of nitrogens with zero attached hydrogens (tertiary/aromatic N) is 7. The lowest BCUT2D eigenvalue weighted by molar-refractivity contribution is 1.07. The summed E-state index contributed by atoms with van der Waals surface area (Å²) in [6.45, 7) is 0. The minimum absolute atomic E-state index is 0.608. The van der Waals surface area contributed by atoms with Crippen LogP contribution < -0.4 is 0 Å². The van der Waals surface area contributed by atoms with Crippen LogP contribution in [0.25, 0.3) is 107 Å². The second-order valence-corrected chi connectivity index (χ2v) is 15.2. The Kier molecular flexibility index (Phi) is 9.72. The molecule has 8 aromatic carbocycles. The van der Waals surface area contributed by atoms with Gasteiger partial charge in [0.1, 0.15) is 5.82 Å². The first-order valence-electron chi connectivity index (χ1n) is 20.9. The molecule has 0 aliphatic heterocycles. The Balaban J connectivity index is 0.968. The number of rotatable bonds is 9. The molecule has 0 saturated carbocycles. The summed E-state index contributed by atoms with van der Waals surface area (Å²) in [5.41, 5.74) is 13.5. The molecular formula is C56H37N7. The molecule has 63 heavy (non-hydrogen) atoms. The van der Waals surface area contributed by atoms with Crippen LogP contribution in [-0.4, -0.2) is 34.5 Å². The molecule has 0 amide bonds. The van der Waals surface area contributed by atoms with Crippen molar-refractivity contribution in [1.82, 2.24) is 34.5 Å². The topological polar surface area (TPSA) is 82.3 Å². The number of imidazole rings is 1. The molecule has 7 heteroatoms. The SMILES string of the molecule is c1ccc(-c2nc(-c3ccc(-c4nc5ccccc5n4-c4ccccc4)cc3)cc(-c3cccc(-c4cccc(-c5nc(-c6ccccc6)nc(-c6ccccc6)n5)c4)c3)n2)cc1. The third-order valence-corrected chi connectivity index (χ3v) is 11.1. The highest BCUT2D eigenvalue weighted by atomic mass is 15.1. The Hall–Kier alpha value is -8.68. The number of para-hydroxylation sites is 3. The highest BCUT2D eigenvalue weighted by Crippen LogP contribution is 2.34. The predicted octanol–water partition coefficient (Wildman–Crippen LogP) is 13.3. The van der Waals surface area contributed by atoms with Gasteiger partial charge in [0, 0.05) is 44.6 Å². The number of benzene rings is 8. The second-order valence-electron chi connectivity index (χ2n) is 15.2. The van der Waals surface area contributed by atoms with E-state index in [1.54, 1.807) is 0 Å². The van der Waals surface area contributed by atoms with Crippen LogP contribution in [0.2, 0.25) is 0 Å². The van der Waals surface area contributed by atoms with E-state index in [2.05, 4.69) is 138 Å². The van der Waals surface area contributed by atoms with Crippen LogP contribution in [0.4, 0.5) is 0 Å². The van der Waals surface area contributed by atoms with E-state index in [0.717, 1.165) is 84.0 Å². The maximum absolute atomic E-state index is 5.16. The van der Waals surface area contributed by atoms with Gasteiger partial charge in [-0.1, -0.05) is 182 Å². The van der Waals surface area contributed by atoms with Gasteiger partial charge in [0.25, 0.3) is 0 Å². The molecule has 0 spiro atoms. The summed E-state index contributed by atoms with van der Waals surface area (Å²) in [5.74, 6) is 3.40. The Morgan fingerprint density at radius 2 is 0.667 bits per heavy atom. The number of hydrogen-bond acceptors (Lipinski definition) is 6. The van der Waals surface area contributed by atoms with Gasteiger partial charge in [-0.25, -0.2) is 29.9 Å². The predicted molar refractivity (Wildman–Crippen MR) is 254 cm³/mol. The Morgan fingerprint density at radius 3 is 1.25 bits per heavy atom. The minimum atomic E-state index is 0.608. The summed E-state index contributed by atoms with van der Waals surface area (Å²) in [5, 5.41) is 0. The van der Waals surface area contributed by atoms with E-state index in [-0.39, 0.29) is 0 Å². The third kappa shape index (κ3) is 7.56. The zero-order valence-corrected chi connectivity index (χ0v) is 34.0. The van der Waals surface area contributed by atoms with Gasteiger partial charge in [0.2, 0.25) is 0 Å². The van der Waals surface area contributed by atoms with Gasteiger partial charge in [-0.2, -0.15) is 0 Å². The third-order valence-electron chi connectivity index (χ3n) is 11.1. The van der Waals surface area contributed by atoms with Gasteiger partial charge >= 0.3 is 0 Å². The Morgan fingerprint density at radius 1 is 0.254 bits per heavy atom. The van der Waals surface area contributed by atoms with Crippen LogP contribution in [0.15, 0.2) is 224 Å². The van der Waals surface area contributed by atoms with E-state index in [4.69, 9.17) is 29.9 Å². The lowest BCUT2D eigenvalue weighted by Gasteiger charge is -2.12.